The highest BCUT2D eigenvalue weighted by Crippen LogP contribution is 2.25. The first-order valence-electron chi connectivity index (χ1n) is 6.31. The van der Waals surface area contributed by atoms with Crippen LogP contribution in [0.15, 0.2) is 42.5 Å². The molecule has 2 aromatic carbocycles. The maximum atomic E-state index is 13.2. The van der Waals surface area contributed by atoms with Gasteiger partial charge in [0, 0.05) is 11.6 Å². The second-order valence-electron chi connectivity index (χ2n) is 4.74. The van der Waals surface area contributed by atoms with E-state index in [0.29, 0.717) is 11.5 Å². The minimum atomic E-state index is -3.61. The van der Waals surface area contributed by atoms with Gasteiger partial charge in [-0.05, 0) is 42.8 Å². The molecule has 1 amide bonds. The molecule has 0 atom stereocenters. The van der Waals surface area contributed by atoms with Crippen molar-refractivity contribution in [3.63, 3.8) is 0 Å². The zero-order valence-electron chi connectivity index (χ0n) is 12.0. The van der Waals surface area contributed by atoms with Gasteiger partial charge in [0.1, 0.15) is 17.3 Å². The number of halogens is 1. The van der Waals surface area contributed by atoms with Crippen molar-refractivity contribution in [3.8, 4) is 11.5 Å². The van der Waals surface area contributed by atoms with Crippen LogP contribution in [0.1, 0.15) is 15.9 Å². The third-order valence-corrected chi connectivity index (χ3v) is 3.33. The third-order valence-electron chi connectivity index (χ3n) is 2.77. The van der Waals surface area contributed by atoms with Gasteiger partial charge in [0.05, 0.1) is 6.26 Å². The lowest BCUT2D eigenvalue weighted by Gasteiger charge is -2.09. The number of aryl methyl sites for hydroxylation is 1. The number of rotatable bonds is 4. The maximum Gasteiger partial charge on any atom is 0.264 e. The minimum Gasteiger partial charge on any atom is -0.457 e. The summed E-state index contributed by atoms with van der Waals surface area (Å²) in [7, 11) is -3.61. The molecule has 5 nitrogen and oxygen atoms in total. The summed E-state index contributed by atoms with van der Waals surface area (Å²) in [6.07, 6.45) is 0.898. The maximum absolute atomic E-state index is 13.2. The monoisotopic (exact) mass is 323 g/mol. The summed E-state index contributed by atoms with van der Waals surface area (Å²) in [5.74, 6) is -0.362. The Morgan fingerprint density at radius 1 is 1.14 bits per heavy atom. The van der Waals surface area contributed by atoms with Crippen LogP contribution in [0.5, 0.6) is 11.5 Å². The Labute approximate surface area is 127 Å². The second kappa shape index (κ2) is 6.15. The van der Waals surface area contributed by atoms with Gasteiger partial charge in [-0.1, -0.05) is 6.07 Å². The fraction of sp³-hybridized carbons (Fsp3) is 0.133. The van der Waals surface area contributed by atoms with Crippen molar-refractivity contribution in [1.29, 1.82) is 0 Å². The van der Waals surface area contributed by atoms with Crippen molar-refractivity contribution in [3.05, 3.63) is 59.4 Å². The Morgan fingerprint density at radius 3 is 2.36 bits per heavy atom. The van der Waals surface area contributed by atoms with E-state index in [1.165, 1.54) is 36.4 Å². The summed E-state index contributed by atoms with van der Waals surface area (Å²) >= 11 is 0. The first-order chi connectivity index (χ1) is 10.2. The van der Waals surface area contributed by atoms with Crippen LogP contribution in [-0.4, -0.2) is 20.6 Å². The number of nitrogens with one attached hydrogen (secondary N) is 1. The Bertz CT molecular complexity index is 801. The molecular weight excluding hydrogens is 309 g/mol. The van der Waals surface area contributed by atoms with Gasteiger partial charge in [-0.3, -0.25) is 4.79 Å². The van der Waals surface area contributed by atoms with Crippen LogP contribution < -0.4 is 9.46 Å². The van der Waals surface area contributed by atoms with E-state index >= 15 is 0 Å². The molecule has 0 radical (unpaired) electrons. The van der Waals surface area contributed by atoms with Gasteiger partial charge >= 0.3 is 0 Å². The lowest BCUT2D eigenvalue weighted by molar-refractivity contribution is 0.0981. The third kappa shape index (κ3) is 4.29. The van der Waals surface area contributed by atoms with Gasteiger partial charge in [-0.25, -0.2) is 17.5 Å². The molecule has 0 heterocycles. The molecule has 0 aliphatic heterocycles. The van der Waals surface area contributed by atoms with Gasteiger partial charge in [-0.15, -0.1) is 0 Å². The van der Waals surface area contributed by atoms with Crippen molar-refractivity contribution in [2.45, 2.75) is 6.92 Å². The fourth-order valence-electron chi connectivity index (χ4n) is 1.71. The summed E-state index contributed by atoms with van der Waals surface area (Å²) < 4.78 is 42.6. The highest BCUT2D eigenvalue weighted by Gasteiger charge is 2.11. The largest absolute Gasteiger partial charge is 0.457 e. The lowest BCUT2D eigenvalue weighted by atomic mass is 10.2. The molecule has 0 bridgehead atoms. The molecule has 0 unspecified atom stereocenters. The van der Waals surface area contributed by atoms with Crippen molar-refractivity contribution in [1.82, 2.24) is 4.72 Å². The molecule has 0 spiro atoms. The molecule has 2 rings (SSSR count). The molecule has 2 aromatic rings. The SMILES string of the molecule is Cc1ccc(F)cc1Oc1ccc(C(=O)NS(C)(=O)=O)cc1. The Kier molecular flexibility index (Phi) is 4.46. The predicted octanol–water partition coefficient (Wildman–Crippen LogP) is 2.62. The Hall–Kier alpha value is -2.41. The number of amides is 1. The summed E-state index contributed by atoms with van der Waals surface area (Å²) in [5.41, 5.74) is 0.939. The van der Waals surface area contributed by atoms with E-state index in [-0.39, 0.29) is 5.56 Å². The van der Waals surface area contributed by atoms with Crippen molar-refractivity contribution in [2.24, 2.45) is 0 Å². The number of ether oxygens (including phenoxy) is 1. The van der Waals surface area contributed by atoms with Crippen LogP contribution in [0.4, 0.5) is 4.39 Å². The molecular formula is C15H14FNO4S. The van der Waals surface area contributed by atoms with Crippen molar-refractivity contribution in [2.75, 3.05) is 6.26 Å². The van der Waals surface area contributed by atoms with Gasteiger partial charge in [0.25, 0.3) is 5.91 Å². The van der Waals surface area contributed by atoms with Crippen LogP contribution in [0.2, 0.25) is 0 Å². The number of carbonyl (C=O) groups is 1. The second-order valence-corrected chi connectivity index (χ2v) is 6.49. The van der Waals surface area contributed by atoms with E-state index in [1.807, 2.05) is 4.72 Å². The molecule has 0 aromatic heterocycles. The average Bonchev–Trinajstić information content (AvgIpc) is 2.42. The predicted molar refractivity (Wildman–Crippen MR) is 80.0 cm³/mol. The van der Waals surface area contributed by atoms with Crippen LogP contribution in [0.3, 0.4) is 0 Å². The summed E-state index contributed by atoms with van der Waals surface area (Å²) in [5, 5.41) is 0. The van der Waals surface area contributed by atoms with Gasteiger partial charge in [0.2, 0.25) is 10.0 Å². The van der Waals surface area contributed by atoms with Gasteiger partial charge in [-0.2, -0.15) is 0 Å². The Balaban J connectivity index is 2.15. The van der Waals surface area contributed by atoms with E-state index in [4.69, 9.17) is 4.74 Å². The first-order valence-corrected chi connectivity index (χ1v) is 8.20. The number of hydrogen-bond acceptors (Lipinski definition) is 4. The quantitative estimate of drug-likeness (QED) is 0.939. The zero-order valence-corrected chi connectivity index (χ0v) is 12.8. The molecule has 0 aliphatic rings. The van der Waals surface area contributed by atoms with Gasteiger partial charge < -0.3 is 4.74 Å². The van der Waals surface area contributed by atoms with E-state index in [9.17, 15) is 17.6 Å². The molecule has 1 N–H and O–H groups in total. The van der Waals surface area contributed by atoms with Crippen LogP contribution >= 0.6 is 0 Å². The number of benzene rings is 2. The summed E-state index contributed by atoms with van der Waals surface area (Å²) in [4.78, 5) is 11.6. The van der Waals surface area contributed by atoms with E-state index < -0.39 is 21.7 Å². The fourth-order valence-corrected chi connectivity index (χ4v) is 2.17. The standard InChI is InChI=1S/C15H14FNO4S/c1-10-3-6-12(16)9-14(10)21-13-7-4-11(5-8-13)15(18)17-22(2,19)20/h3-9H,1-2H3,(H,17,18). The molecule has 22 heavy (non-hydrogen) atoms. The lowest BCUT2D eigenvalue weighted by Crippen LogP contribution is -2.29. The number of carbonyl (C=O) groups excluding carboxylic acids is 1. The molecule has 0 aliphatic carbocycles. The first kappa shape index (κ1) is 16.0. The summed E-state index contributed by atoms with van der Waals surface area (Å²) in [6, 6.07) is 10.0. The normalized spacial score (nSPS) is 11.0. The topological polar surface area (TPSA) is 72.5 Å². The van der Waals surface area contributed by atoms with Crippen molar-refractivity contribution < 1.29 is 22.3 Å². The molecule has 0 saturated heterocycles. The van der Waals surface area contributed by atoms with E-state index in [2.05, 4.69) is 0 Å². The molecule has 116 valence electrons. The van der Waals surface area contributed by atoms with E-state index in [1.54, 1.807) is 13.0 Å². The van der Waals surface area contributed by atoms with Crippen molar-refractivity contribution >= 4 is 15.9 Å². The molecule has 0 saturated carbocycles. The Morgan fingerprint density at radius 2 is 1.77 bits per heavy atom. The number of sulfonamides is 1. The molecule has 7 heteroatoms. The summed E-state index contributed by atoms with van der Waals surface area (Å²) in [6.45, 7) is 1.78. The van der Waals surface area contributed by atoms with E-state index in [0.717, 1.165) is 11.8 Å². The zero-order chi connectivity index (χ0) is 16.3. The van der Waals surface area contributed by atoms with Crippen LogP contribution in [0.25, 0.3) is 0 Å². The smallest absolute Gasteiger partial charge is 0.264 e. The molecule has 0 fully saturated rings. The van der Waals surface area contributed by atoms with Crippen LogP contribution in [-0.2, 0) is 10.0 Å². The van der Waals surface area contributed by atoms with Crippen LogP contribution in [0, 0.1) is 12.7 Å². The number of hydrogen-bond donors (Lipinski definition) is 1. The highest BCUT2D eigenvalue weighted by molar-refractivity contribution is 7.89. The van der Waals surface area contributed by atoms with Gasteiger partial charge in [0.15, 0.2) is 0 Å². The average molecular weight is 323 g/mol. The highest BCUT2D eigenvalue weighted by atomic mass is 32.2. The minimum absolute atomic E-state index is 0.175.